The molecule has 106 valence electrons. The standard InChI is InChI=1S/C15H17ClFN3/c1-2-7-20-14(18)13(19-15(20)9-3-4-9)11-6-5-10(17)8-12(11)16/h5-6,8-9H,2-4,7,18H2,1H3. The Balaban J connectivity index is 2.11. The fourth-order valence-electron chi connectivity index (χ4n) is 2.47. The summed E-state index contributed by atoms with van der Waals surface area (Å²) in [4.78, 5) is 4.68. The second-order valence-electron chi connectivity index (χ2n) is 5.25. The quantitative estimate of drug-likeness (QED) is 0.917. The number of halogens is 2. The third-order valence-corrected chi connectivity index (χ3v) is 3.92. The lowest BCUT2D eigenvalue weighted by Crippen LogP contribution is -2.06. The van der Waals surface area contributed by atoms with E-state index >= 15 is 0 Å². The summed E-state index contributed by atoms with van der Waals surface area (Å²) in [6.45, 7) is 2.96. The Labute approximate surface area is 122 Å². The summed E-state index contributed by atoms with van der Waals surface area (Å²) in [6.07, 6.45) is 3.32. The summed E-state index contributed by atoms with van der Waals surface area (Å²) in [5, 5.41) is 0.347. The smallest absolute Gasteiger partial charge is 0.131 e. The van der Waals surface area contributed by atoms with Gasteiger partial charge in [0.2, 0.25) is 0 Å². The van der Waals surface area contributed by atoms with Crippen LogP contribution in [0.3, 0.4) is 0 Å². The predicted octanol–water partition coefficient (Wildman–Crippen LogP) is 4.21. The van der Waals surface area contributed by atoms with Crippen molar-refractivity contribution in [1.29, 1.82) is 0 Å². The number of rotatable bonds is 4. The van der Waals surface area contributed by atoms with Crippen LogP contribution in [0.5, 0.6) is 0 Å². The minimum Gasteiger partial charge on any atom is -0.383 e. The molecule has 0 bridgehead atoms. The minimum absolute atomic E-state index is 0.347. The van der Waals surface area contributed by atoms with Gasteiger partial charge in [-0.3, -0.25) is 0 Å². The lowest BCUT2D eigenvalue weighted by Gasteiger charge is -2.07. The Morgan fingerprint density at radius 2 is 2.20 bits per heavy atom. The third kappa shape index (κ3) is 2.29. The Hall–Kier alpha value is -1.55. The highest BCUT2D eigenvalue weighted by Gasteiger charge is 2.31. The maximum absolute atomic E-state index is 13.2. The lowest BCUT2D eigenvalue weighted by atomic mass is 10.1. The van der Waals surface area contributed by atoms with Gasteiger partial charge in [0, 0.05) is 18.0 Å². The van der Waals surface area contributed by atoms with Crippen LogP contribution in [0.4, 0.5) is 10.2 Å². The highest BCUT2D eigenvalue weighted by atomic mass is 35.5. The van der Waals surface area contributed by atoms with Gasteiger partial charge in [-0.05, 0) is 37.5 Å². The van der Waals surface area contributed by atoms with Crippen LogP contribution < -0.4 is 5.73 Å². The van der Waals surface area contributed by atoms with E-state index in [1.54, 1.807) is 6.07 Å². The topological polar surface area (TPSA) is 43.8 Å². The van der Waals surface area contributed by atoms with Gasteiger partial charge in [0.05, 0.1) is 5.02 Å². The number of nitrogens with two attached hydrogens (primary N) is 1. The molecule has 0 saturated heterocycles. The molecule has 0 radical (unpaired) electrons. The van der Waals surface area contributed by atoms with Crippen molar-refractivity contribution in [2.45, 2.75) is 38.6 Å². The van der Waals surface area contributed by atoms with Gasteiger partial charge in [-0.2, -0.15) is 0 Å². The number of imidazole rings is 1. The predicted molar refractivity (Wildman–Crippen MR) is 79.3 cm³/mol. The molecule has 1 aliphatic rings. The van der Waals surface area contributed by atoms with Crippen LogP contribution in [0.25, 0.3) is 11.3 Å². The Morgan fingerprint density at radius 3 is 2.80 bits per heavy atom. The zero-order valence-corrected chi connectivity index (χ0v) is 12.1. The van der Waals surface area contributed by atoms with Crippen molar-refractivity contribution in [2.75, 3.05) is 5.73 Å². The highest BCUT2D eigenvalue weighted by molar-refractivity contribution is 6.33. The Bertz CT molecular complexity index is 647. The lowest BCUT2D eigenvalue weighted by molar-refractivity contribution is 0.628. The van der Waals surface area contributed by atoms with Gasteiger partial charge in [-0.1, -0.05) is 18.5 Å². The average molecular weight is 294 g/mol. The van der Waals surface area contributed by atoms with E-state index in [1.165, 1.54) is 12.1 Å². The average Bonchev–Trinajstić information content (AvgIpc) is 3.19. The molecule has 0 atom stereocenters. The van der Waals surface area contributed by atoms with E-state index in [4.69, 9.17) is 17.3 Å². The number of nitrogen functional groups attached to an aromatic ring is 1. The molecule has 0 spiro atoms. The van der Waals surface area contributed by atoms with Crippen molar-refractivity contribution in [2.24, 2.45) is 0 Å². The number of nitrogens with zero attached hydrogens (tertiary/aromatic N) is 2. The zero-order chi connectivity index (χ0) is 14.3. The fraction of sp³-hybridized carbons (Fsp3) is 0.400. The summed E-state index contributed by atoms with van der Waals surface area (Å²) in [6, 6.07) is 4.32. The molecule has 2 aromatic rings. The first-order chi connectivity index (χ1) is 9.61. The number of hydrogen-bond acceptors (Lipinski definition) is 2. The van der Waals surface area contributed by atoms with Crippen LogP contribution in [0, 0.1) is 5.82 Å². The summed E-state index contributed by atoms with van der Waals surface area (Å²) in [5.41, 5.74) is 7.61. The van der Waals surface area contributed by atoms with Crippen LogP contribution in [-0.4, -0.2) is 9.55 Å². The summed E-state index contributed by atoms with van der Waals surface area (Å²) >= 11 is 6.13. The maximum atomic E-state index is 13.2. The molecule has 20 heavy (non-hydrogen) atoms. The highest BCUT2D eigenvalue weighted by Crippen LogP contribution is 2.43. The third-order valence-electron chi connectivity index (χ3n) is 3.61. The van der Waals surface area contributed by atoms with Crippen molar-refractivity contribution < 1.29 is 4.39 Å². The van der Waals surface area contributed by atoms with Crippen molar-refractivity contribution in [1.82, 2.24) is 9.55 Å². The first-order valence-corrected chi connectivity index (χ1v) is 7.31. The number of aromatic nitrogens is 2. The van der Waals surface area contributed by atoms with E-state index in [9.17, 15) is 4.39 Å². The monoisotopic (exact) mass is 293 g/mol. The van der Waals surface area contributed by atoms with Crippen molar-refractivity contribution in [3.8, 4) is 11.3 Å². The molecule has 5 heteroatoms. The largest absolute Gasteiger partial charge is 0.383 e. The molecule has 3 nitrogen and oxygen atoms in total. The summed E-state index contributed by atoms with van der Waals surface area (Å²) in [7, 11) is 0. The van der Waals surface area contributed by atoms with E-state index < -0.39 is 0 Å². The molecule has 0 unspecified atom stereocenters. The molecule has 1 fully saturated rings. The van der Waals surface area contributed by atoms with Crippen LogP contribution in [0.1, 0.15) is 37.9 Å². The summed E-state index contributed by atoms with van der Waals surface area (Å²) in [5.74, 6) is 1.83. The van der Waals surface area contributed by atoms with Gasteiger partial charge in [-0.25, -0.2) is 9.37 Å². The minimum atomic E-state index is -0.354. The first kappa shape index (κ1) is 13.4. The number of hydrogen-bond donors (Lipinski definition) is 1. The van der Waals surface area contributed by atoms with E-state index in [0.717, 1.165) is 31.6 Å². The van der Waals surface area contributed by atoms with Crippen LogP contribution in [0.15, 0.2) is 18.2 Å². The maximum Gasteiger partial charge on any atom is 0.131 e. The molecule has 0 aliphatic heterocycles. The number of anilines is 1. The molecule has 0 amide bonds. The van der Waals surface area contributed by atoms with E-state index in [0.29, 0.717) is 28.0 Å². The van der Waals surface area contributed by atoms with Crippen molar-refractivity contribution in [3.63, 3.8) is 0 Å². The SMILES string of the molecule is CCCn1c(C2CC2)nc(-c2ccc(F)cc2Cl)c1N. The first-order valence-electron chi connectivity index (χ1n) is 6.93. The van der Waals surface area contributed by atoms with Crippen LogP contribution in [-0.2, 0) is 6.54 Å². The molecule has 1 aliphatic carbocycles. The fourth-order valence-corrected chi connectivity index (χ4v) is 2.73. The van der Waals surface area contributed by atoms with E-state index in [-0.39, 0.29) is 5.82 Å². The summed E-state index contributed by atoms with van der Waals surface area (Å²) < 4.78 is 15.2. The molecule has 1 aromatic carbocycles. The normalized spacial score (nSPS) is 14.8. The van der Waals surface area contributed by atoms with Crippen molar-refractivity contribution >= 4 is 17.4 Å². The van der Waals surface area contributed by atoms with Gasteiger partial charge < -0.3 is 10.3 Å². The molecular weight excluding hydrogens is 277 g/mol. The van der Waals surface area contributed by atoms with Crippen molar-refractivity contribution in [3.05, 3.63) is 34.9 Å². The molecule has 3 rings (SSSR count). The molecule has 1 saturated carbocycles. The second kappa shape index (κ2) is 5.09. The van der Waals surface area contributed by atoms with Gasteiger partial charge >= 0.3 is 0 Å². The molecule has 1 aromatic heterocycles. The molecule has 2 N–H and O–H groups in total. The van der Waals surface area contributed by atoms with Crippen LogP contribution in [0.2, 0.25) is 5.02 Å². The Kier molecular flexibility index (Phi) is 3.42. The Morgan fingerprint density at radius 1 is 1.45 bits per heavy atom. The number of benzene rings is 1. The van der Waals surface area contributed by atoms with E-state index in [2.05, 4.69) is 16.5 Å². The molecule has 1 heterocycles. The van der Waals surface area contributed by atoms with E-state index in [1.807, 2.05) is 0 Å². The van der Waals surface area contributed by atoms with Gasteiger partial charge in [-0.15, -0.1) is 0 Å². The van der Waals surface area contributed by atoms with Crippen LogP contribution >= 0.6 is 11.6 Å². The van der Waals surface area contributed by atoms with Gasteiger partial charge in [0.25, 0.3) is 0 Å². The molecular formula is C15H17ClFN3. The van der Waals surface area contributed by atoms with Gasteiger partial charge in [0.15, 0.2) is 0 Å². The second-order valence-corrected chi connectivity index (χ2v) is 5.66. The van der Waals surface area contributed by atoms with Gasteiger partial charge in [0.1, 0.15) is 23.2 Å². The zero-order valence-electron chi connectivity index (χ0n) is 11.4.